The fourth-order valence-corrected chi connectivity index (χ4v) is 1.16. The SMILES string of the molecule is FC(F)CNC1(CCl)CC1. The molecule has 0 aliphatic heterocycles. The molecule has 10 heavy (non-hydrogen) atoms. The van der Waals surface area contributed by atoms with E-state index in [9.17, 15) is 8.78 Å². The van der Waals surface area contributed by atoms with Gasteiger partial charge in [-0.25, -0.2) is 8.78 Å². The summed E-state index contributed by atoms with van der Waals surface area (Å²) in [5.74, 6) is 0.444. The lowest BCUT2D eigenvalue weighted by Gasteiger charge is -2.12. The van der Waals surface area contributed by atoms with Gasteiger partial charge < -0.3 is 5.32 Å². The molecule has 0 atom stereocenters. The first-order valence-electron chi connectivity index (χ1n) is 3.28. The number of hydrogen-bond donors (Lipinski definition) is 1. The van der Waals surface area contributed by atoms with Gasteiger partial charge in [-0.15, -0.1) is 11.6 Å². The number of hydrogen-bond acceptors (Lipinski definition) is 1. The van der Waals surface area contributed by atoms with Crippen LogP contribution in [0.25, 0.3) is 0 Å². The Morgan fingerprint density at radius 3 is 2.40 bits per heavy atom. The summed E-state index contributed by atoms with van der Waals surface area (Å²) in [4.78, 5) is 0. The van der Waals surface area contributed by atoms with E-state index < -0.39 is 6.43 Å². The van der Waals surface area contributed by atoms with Crippen molar-refractivity contribution in [1.29, 1.82) is 0 Å². The standard InChI is InChI=1S/C6H10ClF2N/c7-4-6(1-2-6)10-3-5(8)9/h5,10H,1-4H2. The van der Waals surface area contributed by atoms with Crippen molar-refractivity contribution >= 4 is 11.6 Å². The molecule has 1 nitrogen and oxygen atoms in total. The molecular weight excluding hydrogens is 160 g/mol. The molecule has 1 saturated carbocycles. The van der Waals surface area contributed by atoms with Gasteiger partial charge in [-0.3, -0.25) is 0 Å². The molecular formula is C6H10ClF2N. The molecule has 0 aromatic heterocycles. The third kappa shape index (κ3) is 2.06. The Labute approximate surface area is 63.7 Å². The van der Waals surface area contributed by atoms with Crippen LogP contribution in [0.15, 0.2) is 0 Å². The van der Waals surface area contributed by atoms with Crippen molar-refractivity contribution in [3.05, 3.63) is 0 Å². The van der Waals surface area contributed by atoms with Gasteiger partial charge in [0, 0.05) is 11.4 Å². The highest BCUT2D eigenvalue weighted by Crippen LogP contribution is 2.36. The summed E-state index contributed by atoms with van der Waals surface area (Å²) >= 11 is 5.53. The zero-order chi connectivity index (χ0) is 7.61. The van der Waals surface area contributed by atoms with Gasteiger partial charge in [0.15, 0.2) is 0 Å². The van der Waals surface area contributed by atoms with Gasteiger partial charge >= 0.3 is 0 Å². The number of nitrogens with one attached hydrogen (secondary N) is 1. The Kier molecular flexibility index (Phi) is 2.47. The summed E-state index contributed by atoms with van der Waals surface area (Å²) in [5.41, 5.74) is -0.141. The molecule has 1 rings (SSSR count). The van der Waals surface area contributed by atoms with Crippen molar-refractivity contribution in [2.75, 3.05) is 12.4 Å². The zero-order valence-electron chi connectivity index (χ0n) is 5.54. The Balaban J connectivity index is 2.13. The molecule has 0 radical (unpaired) electrons. The van der Waals surface area contributed by atoms with Crippen molar-refractivity contribution in [2.24, 2.45) is 0 Å². The third-order valence-corrected chi connectivity index (χ3v) is 2.25. The van der Waals surface area contributed by atoms with Gasteiger partial charge in [0.1, 0.15) is 0 Å². The van der Waals surface area contributed by atoms with Crippen LogP contribution in [0.4, 0.5) is 8.78 Å². The molecule has 1 aliphatic rings. The highest BCUT2D eigenvalue weighted by Gasteiger charge is 2.41. The van der Waals surface area contributed by atoms with E-state index in [1.807, 2.05) is 0 Å². The normalized spacial score (nSPS) is 21.6. The summed E-state index contributed by atoms with van der Waals surface area (Å²) in [6.07, 6.45) is -0.396. The minimum absolute atomic E-state index is 0.141. The molecule has 0 amide bonds. The average molecular weight is 170 g/mol. The minimum Gasteiger partial charge on any atom is -0.305 e. The van der Waals surface area contributed by atoms with E-state index in [1.165, 1.54) is 0 Å². The van der Waals surface area contributed by atoms with Gasteiger partial charge in [0.05, 0.1) is 6.54 Å². The molecule has 0 bridgehead atoms. The van der Waals surface area contributed by atoms with Crippen LogP contribution in [0.5, 0.6) is 0 Å². The predicted octanol–water partition coefficient (Wildman–Crippen LogP) is 1.61. The fourth-order valence-electron chi connectivity index (χ4n) is 0.802. The van der Waals surface area contributed by atoms with Crippen LogP contribution >= 0.6 is 11.6 Å². The van der Waals surface area contributed by atoms with Gasteiger partial charge in [-0.2, -0.15) is 0 Å². The molecule has 0 spiro atoms. The topological polar surface area (TPSA) is 12.0 Å². The maximum Gasteiger partial charge on any atom is 0.250 e. The largest absolute Gasteiger partial charge is 0.305 e. The van der Waals surface area contributed by atoms with Crippen LogP contribution in [0, 0.1) is 0 Å². The molecule has 0 aromatic carbocycles. The van der Waals surface area contributed by atoms with E-state index in [4.69, 9.17) is 11.6 Å². The molecule has 4 heteroatoms. The molecule has 1 N–H and O–H groups in total. The summed E-state index contributed by atoms with van der Waals surface area (Å²) in [5, 5.41) is 2.74. The van der Waals surface area contributed by atoms with Crippen LogP contribution in [0.2, 0.25) is 0 Å². The first-order chi connectivity index (χ1) is 4.68. The van der Waals surface area contributed by atoms with Crippen molar-refractivity contribution in [3.63, 3.8) is 0 Å². The lowest BCUT2D eigenvalue weighted by molar-refractivity contribution is 0.141. The maximum atomic E-state index is 11.6. The van der Waals surface area contributed by atoms with Crippen LogP contribution in [0.3, 0.4) is 0 Å². The Hall–Kier alpha value is 0.110. The molecule has 0 heterocycles. The molecule has 60 valence electrons. The van der Waals surface area contributed by atoms with E-state index in [0.717, 1.165) is 12.8 Å². The Bertz CT molecular complexity index is 114. The highest BCUT2D eigenvalue weighted by atomic mass is 35.5. The van der Waals surface area contributed by atoms with E-state index >= 15 is 0 Å². The molecule has 0 aromatic rings. The second-order valence-electron chi connectivity index (χ2n) is 2.69. The van der Waals surface area contributed by atoms with E-state index in [0.29, 0.717) is 5.88 Å². The van der Waals surface area contributed by atoms with E-state index in [2.05, 4.69) is 5.32 Å². The quantitative estimate of drug-likeness (QED) is 0.631. The smallest absolute Gasteiger partial charge is 0.250 e. The number of halogens is 3. The summed E-state index contributed by atoms with van der Waals surface area (Å²) in [6.45, 7) is -0.229. The average Bonchev–Trinajstić information content (AvgIpc) is 2.64. The summed E-state index contributed by atoms with van der Waals surface area (Å²) < 4.78 is 23.2. The van der Waals surface area contributed by atoms with Gasteiger partial charge in [0.2, 0.25) is 0 Å². The Morgan fingerprint density at radius 2 is 2.10 bits per heavy atom. The summed E-state index contributed by atoms with van der Waals surface area (Å²) in [7, 11) is 0. The van der Waals surface area contributed by atoms with Crippen LogP contribution in [0.1, 0.15) is 12.8 Å². The van der Waals surface area contributed by atoms with Crippen LogP contribution in [-0.2, 0) is 0 Å². The molecule has 0 saturated heterocycles. The van der Waals surface area contributed by atoms with Crippen molar-refractivity contribution in [2.45, 2.75) is 24.8 Å². The number of alkyl halides is 3. The van der Waals surface area contributed by atoms with Gasteiger partial charge in [0.25, 0.3) is 6.43 Å². The molecule has 1 aliphatic carbocycles. The van der Waals surface area contributed by atoms with Crippen LogP contribution in [-0.4, -0.2) is 24.4 Å². The Morgan fingerprint density at radius 1 is 1.50 bits per heavy atom. The predicted molar refractivity (Wildman–Crippen MR) is 36.7 cm³/mol. The fraction of sp³-hybridized carbons (Fsp3) is 1.00. The first-order valence-corrected chi connectivity index (χ1v) is 3.81. The van der Waals surface area contributed by atoms with Crippen molar-refractivity contribution in [3.8, 4) is 0 Å². The van der Waals surface area contributed by atoms with Gasteiger partial charge in [-0.1, -0.05) is 0 Å². The number of rotatable bonds is 4. The highest BCUT2D eigenvalue weighted by molar-refractivity contribution is 6.18. The van der Waals surface area contributed by atoms with Crippen molar-refractivity contribution < 1.29 is 8.78 Å². The third-order valence-electron chi connectivity index (χ3n) is 1.74. The lowest BCUT2D eigenvalue weighted by atomic mass is 10.3. The van der Waals surface area contributed by atoms with Gasteiger partial charge in [-0.05, 0) is 12.8 Å². The molecule has 1 fully saturated rings. The summed E-state index contributed by atoms with van der Waals surface area (Å²) in [6, 6.07) is 0. The zero-order valence-corrected chi connectivity index (χ0v) is 6.30. The minimum atomic E-state index is -2.26. The maximum absolute atomic E-state index is 11.6. The van der Waals surface area contributed by atoms with E-state index in [-0.39, 0.29) is 12.1 Å². The monoisotopic (exact) mass is 169 g/mol. The lowest BCUT2D eigenvalue weighted by Crippen LogP contribution is -2.36. The van der Waals surface area contributed by atoms with Crippen molar-refractivity contribution in [1.82, 2.24) is 5.32 Å². The second-order valence-corrected chi connectivity index (χ2v) is 2.95. The molecule has 0 unspecified atom stereocenters. The second kappa shape index (κ2) is 3.01. The van der Waals surface area contributed by atoms with Crippen LogP contribution < -0.4 is 5.32 Å². The van der Waals surface area contributed by atoms with E-state index in [1.54, 1.807) is 0 Å². The first kappa shape index (κ1) is 8.21.